The maximum absolute atomic E-state index is 5.58. The molecule has 0 spiro atoms. The normalized spacial score (nSPS) is 19.8. The fourth-order valence-electron chi connectivity index (χ4n) is 3.74. The van der Waals surface area contributed by atoms with E-state index in [1.807, 2.05) is 6.20 Å². The first-order chi connectivity index (χ1) is 10.8. The number of hydrogen-bond donors (Lipinski definition) is 0. The van der Waals surface area contributed by atoms with E-state index in [1.54, 1.807) is 0 Å². The Morgan fingerprint density at radius 3 is 3.27 bits per heavy atom. The summed E-state index contributed by atoms with van der Waals surface area (Å²) in [6.45, 7) is 4.10. The van der Waals surface area contributed by atoms with E-state index in [-0.39, 0.29) is 0 Å². The second-order valence-electron chi connectivity index (χ2n) is 6.64. The van der Waals surface area contributed by atoms with Crippen LogP contribution in [0, 0.1) is 5.92 Å². The van der Waals surface area contributed by atoms with Crippen LogP contribution in [-0.2, 0) is 25.9 Å². The molecule has 1 aromatic heterocycles. The molecule has 0 radical (unpaired) electrons. The third kappa shape index (κ3) is 2.75. The van der Waals surface area contributed by atoms with Gasteiger partial charge in [0.2, 0.25) is 0 Å². The fourth-order valence-corrected chi connectivity index (χ4v) is 3.74. The van der Waals surface area contributed by atoms with Gasteiger partial charge in [-0.15, -0.1) is 0 Å². The zero-order valence-corrected chi connectivity index (χ0v) is 13.2. The second kappa shape index (κ2) is 5.76. The molecule has 0 amide bonds. The highest BCUT2D eigenvalue weighted by molar-refractivity contribution is 5.39. The quantitative estimate of drug-likeness (QED) is 0.868. The molecule has 1 aromatic carbocycles. The summed E-state index contributed by atoms with van der Waals surface area (Å²) in [7, 11) is 2.23. The smallest absolute Gasteiger partial charge is 0.122 e. The van der Waals surface area contributed by atoms with Crippen molar-refractivity contribution in [2.24, 2.45) is 5.92 Å². The lowest BCUT2D eigenvalue weighted by Crippen LogP contribution is -2.31. The molecule has 116 valence electrons. The average Bonchev–Trinajstić information content (AvgIpc) is 3.14. The summed E-state index contributed by atoms with van der Waals surface area (Å²) in [5.41, 5.74) is 2.76. The third-order valence-electron chi connectivity index (χ3n) is 4.81. The van der Waals surface area contributed by atoms with Gasteiger partial charge >= 0.3 is 0 Å². The summed E-state index contributed by atoms with van der Waals surface area (Å²) < 4.78 is 7.90. The van der Waals surface area contributed by atoms with E-state index < -0.39 is 0 Å². The van der Waals surface area contributed by atoms with E-state index in [0.717, 1.165) is 50.8 Å². The first-order valence-corrected chi connectivity index (χ1v) is 8.21. The van der Waals surface area contributed by atoms with E-state index in [0.29, 0.717) is 0 Å². The predicted molar refractivity (Wildman–Crippen MR) is 86.0 cm³/mol. The molecule has 0 fully saturated rings. The van der Waals surface area contributed by atoms with Crippen molar-refractivity contribution in [2.45, 2.75) is 32.4 Å². The monoisotopic (exact) mass is 297 g/mol. The van der Waals surface area contributed by atoms with Gasteiger partial charge in [-0.1, -0.05) is 12.1 Å². The number of nitrogens with zero attached hydrogens (tertiary/aromatic N) is 3. The Bertz CT molecular complexity index is 664. The van der Waals surface area contributed by atoms with Gasteiger partial charge in [-0.25, -0.2) is 4.98 Å². The van der Waals surface area contributed by atoms with Crippen LogP contribution in [0.15, 0.2) is 30.6 Å². The molecule has 2 aliphatic rings. The van der Waals surface area contributed by atoms with Gasteiger partial charge in [0, 0.05) is 44.9 Å². The molecule has 4 nitrogen and oxygen atoms in total. The van der Waals surface area contributed by atoms with Crippen molar-refractivity contribution in [3.63, 3.8) is 0 Å². The molecule has 0 N–H and O–H groups in total. The number of aromatic nitrogens is 2. The zero-order chi connectivity index (χ0) is 14.9. The van der Waals surface area contributed by atoms with Crippen molar-refractivity contribution in [3.05, 3.63) is 47.5 Å². The second-order valence-corrected chi connectivity index (χ2v) is 6.64. The Labute approximate surface area is 131 Å². The van der Waals surface area contributed by atoms with Crippen molar-refractivity contribution < 1.29 is 4.74 Å². The molecule has 22 heavy (non-hydrogen) atoms. The van der Waals surface area contributed by atoms with Crippen molar-refractivity contribution >= 4 is 0 Å². The first kappa shape index (κ1) is 13.8. The molecule has 0 unspecified atom stereocenters. The minimum atomic E-state index is 0.726. The lowest BCUT2D eigenvalue weighted by molar-refractivity contribution is 0.229. The molecule has 4 rings (SSSR count). The summed E-state index contributed by atoms with van der Waals surface area (Å²) in [6, 6.07) is 6.65. The van der Waals surface area contributed by atoms with Crippen LogP contribution in [0.3, 0.4) is 0 Å². The zero-order valence-electron chi connectivity index (χ0n) is 13.2. The van der Waals surface area contributed by atoms with Crippen LogP contribution in [0.2, 0.25) is 0 Å². The van der Waals surface area contributed by atoms with Crippen LogP contribution in [0.4, 0.5) is 0 Å². The molecule has 2 aromatic rings. The molecule has 2 aliphatic heterocycles. The van der Waals surface area contributed by atoms with E-state index in [2.05, 4.69) is 45.9 Å². The molecule has 0 bridgehead atoms. The summed E-state index contributed by atoms with van der Waals surface area (Å²) in [5.74, 6) is 3.05. The van der Waals surface area contributed by atoms with E-state index >= 15 is 0 Å². The van der Waals surface area contributed by atoms with Crippen molar-refractivity contribution in [1.82, 2.24) is 14.5 Å². The Balaban J connectivity index is 1.36. The number of fused-ring (bicyclic) bond motifs is 2. The number of imidazole rings is 1. The number of hydrogen-bond acceptors (Lipinski definition) is 3. The SMILES string of the molecule is CN(Cc1ccc2c(c1)CCO2)C[C@@H]1CCc2nccn2C1. The van der Waals surface area contributed by atoms with Crippen molar-refractivity contribution in [2.75, 3.05) is 20.2 Å². The molecule has 3 heterocycles. The lowest BCUT2D eigenvalue weighted by Gasteiger charge is -2.28. The van der Waals surface area contributed by atoms with Gasteiger partial charge in [0.1, 0.15) is 11.6 Å². The topological polar surface area (TPSA) is 30.3 Å². The number of aryl methyl sites for hydroxylation is 1. The Morgan fingerprint density at radius 1 is 1.36 bits per heavy atom. The Hall–Kier alpha value is -1.81. The van der Waals surface area contributed by atoms with Crippen LogP contribution < -0.4 is 4.74 Å². The highest BCUT2D eigenvalue weighted by Gasteiger charge is 2.20. The number of rotatable bonds is 4. The minimum Gasteiger partial charge on any atom is -0.493 e. The highest BCUT2D eigenvalue weighted by Crippen LogP contribution is 2.26. The van der Waals surface area contributed by atoms with Gasteiger partial charge in [-0.05, 0) is 36.6 Å². The Kier molecular flexibility index (Phi) is 3.62. The van der Waals surface area contributed by atoms with Gasteiger partial charge in [0.25, 0.3) is 0 Å². The van der Waals surface area contributed by atoms with Crippen LogP contribution >= 0.6 is 0 Å². The van der Waals surface area contributed by atoms with E-state index in [4.69, 9.17) is 4.74 Å². The van der Waals surface area contributed by atoms with Gasteiger partial charge in [-0.3, -0.25) is 0 Å². The van der Waals surface area contributed by atoms with Crippen LogP contribution in [0.1, 0.15) is 23.4 Å². The maximum Gasteiger partial charge on any atom is 0.122 e. The van der Waals surface area contributed by atoms with Gasteiger partial charge in [0.15, 0.2) is 0 Å². The average molecular weight is 297 g/mol. The van der Waals surface area contributed by atoms with E-state index in [1.165, 1.54) is 23.4 Å². The maximum atomic E-state index is 5.58. The highest BCUT2D eigenvalue weighted by atomic mass is 16.5. The summed E-state index contributed by atoms with van der Waals surface area (Å²) >= 11 is 0. The van der Waals surface area contributed by atoms with Crippen LogP contribution in [0.5, 0.6) is 5.75 Å². The largest absolute Gasteiger partial charge is 0.493 e. The van der Waals surface area contributed by atoms with Crippen LogP contribution in [0.25, 0.3) is 0 Å². The Morgan fingerprint density at radius 2 is 2.32 bits per heavy atom. The predicted octanol–water partition coefficient (Wildman–Crippen LogP) is 2.51. The molecule has 4 heteroatoms. The van der Waals surface area contributed by atoms with E-state index in [9.17, 15) is 0 Å². The molecule has 1 atom stereocenters. The minimum absolute atomic E-state index is 0.726. The molecule has 0 aliphatic carbocycles. The fraction of sp³-hybridized carbons (Fsp3) is 0.500. The van der Waals surface area contributed by atoms with Gasteiger partial charge in [-0.2, -0.15) is 0 Å². The lowest BCUT2D eigenvalue weighted by atomic mass is 9.98. The molecular formula is C18H23N3O. The summed E-state index contributed by atoms with van der Waals surface area (Å²) in [5, 5.41) is 0. The molecule has 0 saturated carbocycles. The molecule has 0 saturated heterocycles. The summed E-state index contributed by atoms with van der Waals surface area (Å²) in [6.07, 6.45) is 7.45. The summed E-state index contributed by atoms with van der Waals surface area (Å²) in [4.78, 5) is 6.86. The number of ether oxygens (including phenoxy) is 1. The van der Waals surface area contributed by atoms with Crippen molar-refractivity contribution in [1.29, 1.82) is 0 Å². The van der Waals surface area contributed by atoms with Gasteiger partial charge < -0.3 is 14.2 Å². The third-order valence-corrected chi connectivity index (χ3v) is 4.81. The molecular weight excluding hydrogens is 274 g/mol. The first-order valence-electron chi connectivity index (χ1n) is 8.21. The van der Waals surface area contributed by atoms with Crippen LogP contribution in [-0.4, -0.2) is 34.7 Å². The van der Waals surface area contributed by atoms with Gasteiger partial charge in [0.05, 0.1) is 6.61 Å². The van der Waals surface area contributed by atoms with Crippen molar-refractivity contribution in [3.8, 4) is 5.75 Å². The standard InChI is InChI=1S/C18H23N3O/c1-20(11-14-2-4-17-16(10-14)6-9-22-17)12-15-3-5-18-19-7-8-21(18)13-15/h2,4,7-8,10,15H,3,5-6,9,11-13H2,1H3/t15-/m0/s1. The number of benzene rings is 1.